The number of rotatable bonds is 2. The number of aryl methyl sites for hydroxylation is 3. The van der Waals surface area contributed by atoms with Gasteiger partial charge >= 0.3 is 0 Å². The Balaban J connectivity index is 2.53. The van der Waals surface area contributed by atoms with Gasteiger partial charge < -0.3 is 0 Å². The minimum atomic E-state index is -0.0369. The molecule has 0 aliphatic rings. The van der Waals surface area contributed by atoms with Crippen LogP contribution in [0.3, 0.4) is 0 Å². The van der Waals surface area contributed by atoms with E-state index >= 15 is 0 Å². The summed E-state index contributed by atoms with van der Waals surface area (Å²) in [6.45, 7) is 6.54. The van der Waals surface area contributed by atoms with Gasteiger partial charge in [-0.2, -0.15) is 0 Å². The molecule has 0 unspecified atom stereocenters. The highest BCUT2D eigenvalue weighted by atomic mass is 79.9. The normalized spacial score (nSPS) is 10.7. The number of hydrogen-bond donors (Lipinski definition) is 0. The summed E-state index contributed by atoms with van der Waals surface area (Å²) in [6, 6.07) is 6.16. The molecule has 2 rings (SSSR count). The zero-order valence-electron chi connectivity index (χ0n) is 10.7. The van der Waals surface area contributed by atoms with Crippen LogP contribution in [-0.4, -0.2) is 9.55 Å². The Morgan fingerprint density at radius 1 is 1.22 bits per heavy atom. The molecule has 1 aromatic heterocycles. The second-order valence-corrected chi connectivity index (χ2v) is 5.27. The Morgan fingerprint density at radius 3 is 2.44 bits per heavy atom. The summed E-state index contributed by atoms with van der Waals surface area (Å²) in [5, 5.41) is 0. The first-order valence-electron chi connectivity index (χ1n) is 5.77. The van der Waals surface area contributed by atoms with E-state index in [2.05, 4.69) is 46.9 Å². The number of hydrogen-bond acceptors (Lipinski definition) is 2. The van der Waals surface area contributed by atoms with Gasteiger partial charge in [0.2, 0.25) is 0 Å². The number of nitrogens with zero attached hydrogens (tertiary/aromatic N) is 2. The summed E-state index contributed by atoms with van der Waals surface area (Å²) in [5.41, 5.74) is 3.54. The van der Waals surface area contributed by atoms with Crippen molar-refractivity contribution in [1.82, 2.24) is 9.55 Å². The van der Waals surface area contributed by atoms with Gasteiger partial charge in [-0.15, -0.1) is 0 Å². The third kappa shape index (κ3) is 2.38. The predicted molar refractivity (Wildman–Crippen MR) is 76.0 cm³/mol. The van der Waals surface area contributed by atoms with E-state index in [1.807, 2.05) is 13.0 Å². The molecule has 18 heavy (non-hydrogen) atoms. The van der Waals surface area contributed by atoms with E-state index in [9.17, 15) is 4.79 Å². The van der Waals surface area contributed by atoms with Crippen LogP contribution in [0.2, 0.25) is 0 Å². The minimum Gasteiger partial charge on any atom is -0.291 e. The minimum absolute atomic E-state index is 0.0369. The van der Waals surface area contributed by atoms with Crippen molar-refractivity contribution in [2.45, 2.75) is 27.3 Å². The van der Waals surface area contributed by atoms with Crippen molar-refractivity contribution in [2.24, 2.45) is 0 Å². The molecule has 0 spiro atoms. The molecule has 0 saturated carbocycles. The molecule has 0 bridgehead atoms. The fourth-order valence-corrected chi connectivity index (χ4v) is 2.31. The average molecular weight is 307 g/mol. The van der Waals surface area contributed by atoms with Crippen molar-refractivity contribution in [3.05, 3.63) is 61.7 Å². The van der Waals surface area contributed by atoms with E-state index < -0.39 is 0 Å². The fraction of sp³-hybridized carbons (Fsp3) is 0.286. The molecular formula is C14H15BrN2O. The van der Waals surface area contributed by atoms with Crippen LogP contribution in [0.25, 0.3) is 0 Å². The molecule has 2 aromatic rings. The molecule has 0 saturated heterocycles. The largest absolute Gasteiger partial charge is 0.291 e. The van der Waals surface area contributed by atoms with Crippen LogP contribution in [0.4, 0.5) is 0 Å². The first-order chi connectivity index (χ1) is 8.50. The molecule has 0 N–H and O–H groups in total. The van der Waals surface area contributed by atoms with Crippen LogP contribution in [0.1, 0.15) is 22.5 Å². The van der Waals surface area contributed by atoms with E-state index in [0.29, 0.717) is 11.0 Å². The first kappa shape index (κ1) is 13.0. The Bertz CT molecular complexity index is 626. The molecule has 1 heterocycles. The molecule has 1 aromatic carbocycles. The van der Waals surface area contributed by atoms with Crippen LogP contribution in [0, 0.1) is 20.8 Å². The molecule has 0 atom stereocenters. The summed E-state index contributed by atoms with van der Waals surface area (Å²) >= 11 is 3.23. The Labute approximate surface area is 115 Å². The summed E-state index contributed by atoms with van der Waals surface area (Å²) < 4.78 is 2.19. The Kier molecular flexibility index (Phi) is 3.66. The molecule has 0 aliphatic carbocycles. The van der Waals surface area contributed by atoms with Crippen molar-refractivity contribution in [3.63, 3.8) is 0 Å². The quantitative estimate of drug-likeness (QED) is 0.855. The van der Waals surface area contributed by atoms with Crippen LogP contribution >= 0.6 is 15.9 Å². The van der Waals surface area contributed by atoms with Crippen molar-refractivity contribution < 1.29 is 0 Å². The molecule has 0 amide bonds. The maximum absolute atomic E-state index is 12.1. The Morgan fingerprint density at radius 2 is 1.83 bits per heavy atom. The van der Waals surface area contributed by atoms with Gasteiger partial charge in [0.25, 0.3) is 5.56 Å². The van der Waals surface area contributed by atoms with Gasteiger partial charge in [-0.25, -0.2) is 4.98 Å². The highest BCUT2D eigenvalue weighted by Gasteiger charge is 2.09. The van der Waals surface area contributed by atoms with E-state index in [4.69, 9.17) is 0 Å². The lowest BCUT2D eigenvalue weighted by atomic mass is 10.0. The zero-order chi connectivity index (χ0) is 13.3. The van der Waals surface area contributed by atoms with Crippen molar-refractivity contribution >= 4 is 15.9 Å². The van der Waals surface area contributed by atoms with Gasteiger partial charge in [0.15, 0.2) is 0 Å². The molecule has 0 aliphatic heterocycles. The lowest BCUT2D eigenvalue weighted by Crippen LogP contribution is -2.25. The van der Waals surface area contributed by atoms with Crippen LogP contribution < -0.4 is 5.56 Å². The number of halogens is 1. The Hall–Kier alpha value is -1.42. The SMILES string of the molecule is Cc1cccc(C)c1Cn1c(C)ncc(Br)c1=O. The van der Waals surface area contributed by atoms with E-state index in [0.717, 1.165) is 5.82 Å². The monoisotopic (exact) mass is 306 g/mol. The maximum atomic E-state index is 12.1. The second-order valence-electron chi connectivity index (χ2n) is 4.42. The van der Waals surface area contributed by atoms with Crippen molar-refractivity contribution in [1.29, 1.82) is 0 Å². The van der Waals surface area contributed by atoms with E-state index in [1.54, 1.807) is 10.8 Å². The zero-order valence-corrected chi connectivity index (χ0v) is 12.3. The second kappa shape index (κ2) is 5.06. The van der Waals surface area contributed by atoms with Crippen LogP contribution in [-0.2, 0) is 6.54 Å². The molecule has 94 valence electrons. The topological polar surface area (TPSA) is 34.9 Å². The van der Waals surface area contributed by atoms with Gasteiger partial charge in [-0.3, -0.25) is 9.36 Å². The molecule has 0 radical (unpaired) electrons. The van der Waals surface area contributed by atoms with Gasteiger partial charge in [-0.1, -0.05) is 18.2 Å². The van der Waals surface area contributed by atoms with Crippen molar-refractivity contribution in [3.8, 4) is 0 Å². The van der Waals surface area contributed by atoms with Gasteiger partial charge in [0.1, 0.15) is 10.3 Å². The summed E-state index contributed by atoms with van der Waals surface area (Å²) in [7, 11) is 0. The summed E-state index contributed by atoms with van der Waals surface area (Å²) in [6.07, 6.45) is 1.55. The molecule has 0 fully saturated rings. The predicted octanol–water partition coefficient (Wildman–Crippen LogP) is 2.98. The first-order valence-corrected chi connectivity index (χ1v) is 6.57. The number of benzene rings is 1. The molecule has 3 nitrogen and oxygen atoms in total. The summed E-state index contributed by atoms with van der Waals surface area (Å²) in [4.78, 5) is 16.3. The van der Waals surface area contributed by atoms with Crippen molar-refractivity contribution in [2.75, 3.05) is 0 Å². The third-order valence-corrected chi connectivity index (χ3v) is 3.71. The fourth-order valence-electron chi connectivity index (χ4n) is 1.99. The smallest absolute Gasteiger partial charge is 0.268 e. The maximum Gasteiger partial charge on any atom is 0.268 e. The van der Waals surface area contributed by atoms with E-state index in [1.165, 1.54) is 16.7 Å². The lowest BCUT2D eigenvalue weighted by molar-refractivity contribution is 0.690. The molecule has 4 heteroatoms. The third-order valence-electron chi connectivity index (χ3n) is 3.17. The van der Waals surface area contributed by atoms with E-state index in [-0.39, 0.29) is 5.56 Å². The van der Waals surface area contributed by atoms with Crippen LogP contribution in [0.15, 0.2) is 33.7 Å². The highest BCUT2D eigenvalue weighted by molar-refractivity contribution is 9.10. The van der Waals surface area contributed by atoms with Crippen LogP contribution in [0.5, 0.6) is 0 Å². The number of aromatic nitrogens is 2. The summed E-state index contributed by atoms with van der Waals surface area (Å²) in [5.74, 6) is 0.728. The van der Waals surface area contributed by atoms with Gasteiger partial charge in [0, 0.05) is 6.20 Å². The van der Waals surface area contributed by atoms with Gasteiger partial charge in [0.05, 0.1) is 6.54 Å². The average Bonchev–Trinajstić information content (AvgIpc) is 2.33. The molecular weight excluding hydrogens is 292 g/mol. The lowest BCUT2D eigenvalue weighted by Gasteiger charge is -2.13. The highest BCUT2D eigenvalue weighted by Crippen LogP contribution is 2.15. The standard InChI is InChI=1S/C14H15BrN2O/c1-9-5-4-6-10(2)12(9)8-17-11(3)16-7-13(15)14(17)18/h4-7H,8H2,1-3H3. The van der Waals surface area contributed by atoms with Gasteiger partial charge in [-0.05, 0) is 53.4 Å².